The van der Waals surface area contributed by atoms with Crippen molar-refractivity contribution < 1.29 is 23.8 Å². The Morgan fingerprint density at radius 2 is 2.11 bits per heavy atom. The predicted molar refractivity (Wildman–Crippen MR) is 67.7 cm³/mol. The van der Waals surface area contributed by atoms with Crippen LogP contribution in [0.15, 0.2) is 0 Å². The van der Waals surface area contributed by atoms with Crippen LogP contribution in [0.5, 0.6) is 0 Å². The quantitative estimate of drug-likeness (QED) is 0.859. The number of likely N-dealkylation sites (tertiary alicyclic amines) is 1. The first-order chi connectivity index (χ1) is 8.69. The molecule has 0 aromatic rings. The van der Waals surface area contributed by atoms with Crippen molar-refractivity contribution in [1.82, 2.24) is 4.90 Å². The smallest absolute Gasteiger partial charge is 0.410 e. The number of carbonyl (C=O) groups is 2. The van der Waals surface area contributed by atoms with E-state index in [1.54, 1.807) is 20.8 Å². The lowest BCUT2D eigenvalue weighted by atomic mass is 9.92. The zero-order valence-electron chi connectivity index (χ0n) is 11.7. The van der Waals surface area contributed by atoms with E-state index in [1.807, 2.05) is 0 Å². The van der Waals surface area contributed by atoms with E-state index in [0.29, 0.717) is 19.4 Å². The average molecular weight is 275 g/mol. The minimum absolute atomic E-state index is 0.226. The van der Waals surface area contributed by atoms with Crippen LogP contribution in [0.1, 0.15) is 40.0 Å². The van der Waals surface area contributed by atoms with Gasteiger partial charge in [-0.05, 0) is 33.6 Å². The molecule has 19 heavy (non-hydrogen) atoms. The summed E-state index contributed by atoms with van der Waals surface area (Å²) in [6.45, 7) is 6.08. The molecular weight excluding hydrogens is 253 g/mol. The fraction of sp³-hybridized carbons (Fsp3) is 0.846. The number of hydrogen-bond donors (Lipinski definition) is 1. The largest absolute Gasteiger partial charge is 0.481 e. The summed E-state index contributed by atoms with van der Waals surface area (Å²) < 4.78 is 19.0. The third-order valence-electron chi connectivity index (χ3n) is 2.99. The van der Waals surface area contributed by atoms with E-state index in [0.717, 1.165) is 0 Å². The van der Waals surface area contributed by atoms with Crippen LogP contribution in [0.4, 0.5) is 9.18 Å². The molecule has 1 aliphatic rings. The van der Waals surface area contributed by atoms with Crippen molar-refractivity contribution in [2.45, 2.75) is 51.8 Å². The summed E-state index contributed by atoms with van der Waals surface area (Å²) in [7, 11) is 0. The number of ether oxygens (including phenoxy) is 1. The van der Waals surface area contributed by atoms with Gasteiger partial charge in [0.15, 0.2) is 0 Å². The van der Waals surface area contributed by atoms with Crippen molar-refractivity contribution >= 4 is 12.1 Å². The Balaban J connectivity index is 2.54. The molecule has 0 bridgehead atoms. The number of hydrogen-bond acceptors (Lipinski definition) is 3. The standard InChI is InChI=1S/C13H22FNO4/c1-13(2,3)19-12(18)15-6-4-5-9(8-15)10(14)7-11(16)17/h9-10H,4-8H2,1-3H3,(H,16,17). The summed E-state index contributed by atoms with van der Waals surface area (Å²) in [6.07, 6.45) is -1.10. The highest BCUT2D eigenvalue weighted by molar-refractivity contribution is 5.68. The SMILES string of the molecule is CC(C)(C)OC(=O)N1CCCC(C(F)CC(=O)O)C1. The van der Waals surface area contributed by atoms with Gasteiger partial charge in [0.25, 0.3) is 0 Å². The lowest BCUT2D eigenvalue weighted by Crippen LogP contribution is -2.45. The van der Waals surface area contributed by atoms with Crippen molar-refractivity contribution in [3.63, 3.8) is 0 Å². The molecule has 0 saturated carbocycles. The van der Waals surface area contributed by atoms with Gasteiger partial charge in [0.1, 0.15) is 11.8 Å². The van der Waals surface area contributed by atoms with Gasteiger partial charge >= 0.3 is 12.1 Å². The molecule has 1 heterocycles. The number of alkyl halides is 1. The fourth-order valence-corrected chi connectivity index (χ4v) is 2.13. The van der Waals surface area contributed by atoms with Crippen molar-refractivity contribution in [2.24, 2.45) is 5.92 Å². The first-order valence-electron chi connectivity index (χ1n) is 6.53. The van der Waals surface area contributed by atoms with Gasteiger partial charge in [-0.3, -0.25) is 4.79 Å². The number of amides is 1. The molecule has 1 N–H and O–H groups in total. The van der Waals surface area contributed by atoms with Crippen molar-refractivity contribution in [3.05, 3.63) is 0 Å². The Hall–Kier alpha value is -1.33. The molecule has 6 heteroatoms. The second-order valence-electron chi connectivity index (χ2n) is 5.94. The van der Waals surface area contributed by atoms with Gasteiger partial charge in [-0.2, -0.15) is 0 Å². The van der Waals surface area contributed by atoms with Crippen LogP contribution < -0.4 is 0 Å². The molecule has 5 nitrogen and oxygen atoms in total. The molecule has 1 rings (SSSR count). The van der Waals surface area contributed by atoms with Crippen LogP contribution in [0, 0.1) is 5.92 Å². The number of carboxylic acids is 1. The lowest BCUT2D eigenvalue weighted by molar-refractivity contribution is -0.139. The highest BCUT2D eigenvalue weighted by Crippen LogP contribution is 2.25. The number of carboxylic acid groups (broad SMARTS) is 1. The molecule has 2 atom stereocenters. The first-order valence-corrected chi connectivity index (χ1v) is 6.53. The molecule has 0 aromatic heterocycles. The van der Waals surface area contributed by atoms with Gasteiger partial charge in [-0.15, -0.1) is 0 Å². The Bertz CT molecular complexity index is 340. The maximum atomic E-state index is 13.8. The van der Waals surface area contributed by atoms with Gasteiger partial charge in [-0.25, -0.2) is 9.18 Å². The van der Waals surface area contributed by atoms with E-state index in [-0.39, 0.29) is 6.54 Å². The molecule has 1 aliphatic heterocycles. The van der Waals surface area contributed by atoms with Gasteiger partial charge in [0, 0.05) is 19.0 Å². The summed E-state index contributed by atoms with van der Waals surface area (Å²) in [5, 5.41) is 8.60. The number of carbonyl (C=O) groups excluding carboxylic acids is 1. The molecule has 0 radical (unpaired) electrons. The number of aliphatic carboxylic acids is 1. The lowest BCUT2D eigenvalue weighted by Gasteiger charge is -2.35. The summed E-state index contributed by atoms with van der Waals surface area (Å²) >= 11 is 0. The van der Waals surface area contributed by atoms with Crippen molar-refractivity contribution in [1.29, 1.82) is 0 Å². The average Bonchev–Trinajstić information content (AvgIpc) is 2.26. The van der Waals surface area contributed by atoms with Crippen LogP contribution >= 0.6 is 0 Å². The third-order valence-corrected chi connectivity index (χ3v) is 2.99. The summed E-state index contributed by atoms with van der Waals surface area (Å²) in [6, 6.07) is 0. The summed E-state index contributed by atoms with van der Waals surface area (Å²) in [5.41, 5.74) is -0.583. The van der Waals surface area contributed by atoms with E-state index >= 15 is 0 Å². The van der Waals surface area contributed by atoms with E-state index in [1.165, 1.54) is 4.90 Å². The Labute approximate surface area is 112 Å². The van der Waals surface area contributed by atoms with Gasteiger partial charge in [-0.1, -0.05) is 0 Å². The molecule has 1 amide bonds. The van der Waals surface area contributed by atoms with E-state index < -0.39 is 36.2 Å². The molecule has 2 unspecified atom stereocenters. The second-order valence-corrected chi connectivity index (χ2v) is 5.94. The molecule has 110 valence electrons. The van der Waals surface area contributed by atoms with Crippen LogP contribution in [0.3, 0.4) is 0 Å². The normalized spacial score (nSPS) is 21.9. The monoisotopic (exact) mass is 275 g/mol. The first kappa shape index (κ1) is 15.7. The maximum absolute atomic E-state index is 13.8. The van der Waals surface area contributed by atoms with Gasteiger partial charge in [0.2, 0.25) is 0 Å². The van der Waals surface area contributed by atoms with Crippen molar-refractivity contribution in [2.75, 3.05) is 13.1 Å². The molecule has 1 saturated heterocycles. The van der Waals surface area contributed by atoms with Crippen LogP contribution in [0.2, 0.25) is 0 Å². The molecule has 0 aliphatic carbocycles. The van der Waals surface area contributed by atoms with E-state index in [2.05, 4.69) is 0 Å². The van der Waals surface area contributed by atoms with E-state index in [9.17, 15) is 14.0 Å². The number of rotatable bonds is 3. The van der Waals surface area contributed by atoms with Gasteiger partial charge < -0.3 is 14.7 Å². The van der Waals surface area contributed by atoms with Crippen molar-refractivity contribution in [3.8, 4) is 0 Å². The van der Waals surface area contributed by atoms with Crippen LogP contribution in [-0.2, 0) is 9.53 Å². The van der Waals surface area contributed by atoms with Crippen LogP contribution in [-0.4, -0.2) is 46.9 Å². The van der Waals surface area contributed by atoms with E-state index in [4.69, 9.17) is 9.84 Å². The minimum Gasteiger partial charge on any atom is -0.481 e. The summed E-state index contributed by atoms with van der Waals surface area (Å²) in [4.78, 5) is 23.8. The highest BCUT2D eigenvalue weighted by Gasteiger charge is 2.32. The molecule has 0 aromatic carbocycles. The molecular formula is C13H22FNO4. The Morgan fingerprint density at radius 1 is 1.47 bits per heavy atom. The minimum atomic E-state index is -1.41. The number of halogens is 1. The fourth-order valence-electron chi connectivity index (χ4n) is 2.13. The molecule has 0 spiro atoms. The predicted octanol–water partition coefficient (Wildman–Crippen LogP) is 2.45. The molecule has 1 fully saturated rings. The maximum Gasteiger partial charge on any atom is 0.410 e. The van der Waals surface area contributed by atoms with Gasteiger partial charge in [0.05, 0.1) is 6.42 Å². The third kappa shape index (κ3) is 5.44. The highest BCUT2D eigenvalue weighted by atomic mass is 19.1. The topological polar surface area (TPSA) is 66.8 Å². The summed E-state index contributed by atoms with van der Waals surface area (Å²) in [5.74, 6) is -1.57. The number of piperidine rings is 1. The second kappa shape index (κ2) is 6.21. The Kier molecular flexibility index (Phi) is 5.14. The zero-order chi connectivity index (χ0) is 14.6. The van der Waals surface area contributed by atoms with Crippen LogP contribution in [0.25, 0.3) is 0 Å². The number of nitrogens with zero attached hydrogens (tertiary/aromatic N) is 1. The Morgan fingerprint density at radius 3 is 2.63 bits per heavy atom. The zero-order valence-corrected chi connectivity index (χ0v) is 11.7.